The van der Waals surface area contributed by atoms with Gasteiger partial charge in [0.1, 0.15) is 0 Å². The average molecular weight is 283 g/mol. The van der Waals surface area contributed by atoms with Crippen molar-refractivity contribution < 1.29 is 18.3 Å². The van der Waals surface area contributed by atoms with Crippen LogP contribution in [0.15, 0.2) is 23.1 Å². The first-order chi connectivity index (χ1) is 8.84. The minimum absolute atomic E-state index is 0.0306. The first kappa shape index (κ1) is 14.0. The van der Waals surface area contributed by atoms with Crippen LogP contribution in [0.1, 0.15) is 35.2 Å². The molecule has 19 heavy (non-hydrogen) atoms. The van der Waals surface area contributed by atoms with Gasteiger partial charge in [-0.15, -0.1) is 0 Å². The standard InChI is InChI=1S/C13H17NO4S/c1-9-6-7-11(8-12(9)13(15)16)19(17,18)14(2)10-4-3-5-10/h6-8,10H,3-5H2,1-2H3,(H,15,16). The van der Waals surface area contributed by atoms with Gasteiger partial charge < -0.3 is 5.11 Å². The molecule has 0 amide bonds. The van der Waals surface area contributed by atoms with Crippen LogP contribution in [0.2, 0.25) is 0 Å². The molecule has 1 fully saturated rings. The second-order valence-electron chi connectivity index (χ2n) is 4.89. The van der Waals surface area contributed by atoms with E-state index in [4.69, 9.17) is 5.11 Å². The van der Waals surface area contributed by atoms with E-state index in [1.165, 1.54) is 22.5 Å². The molecule has 1 saturated carbocycles. The molecule has 0 spiro atoms. The Bertz CT molecular complexity index is 605. The first-order valence-electron chi connectivity index (χ1n) is 6.16. The van der Waals surface area contributed by atoms with Crippen LogP contribution in [0.5, 0.6) is 0 Å². The predicted octanol–water partition coefficient (Wildman–Crippen LogP) is 1.87. The third-order valence-electron chi connectivity index (χ3n) is 3.71. The molecule has 0 unspecified atom stereocenters. The summed E-state index contributed by atoms with van der Waals surface area (Å²) in [7, 11) is -2.05. The summed E-state index contributed by atoms with van der Waals surface area (Å²) in [6, 6.07) is 4.28. The number of hydrogen-bond donors (Lipinski definition) is 1. The summed E-state index contributed by atoms with van der Waals surface area (Å²) in [4.78, 5) is 11.1. The number of rotatable bonds is 4. The molecule has 1 N–H and O–H groups in total. The van der Waals surface area contributed by atoms with Crippen molar-refractivity contribution in [2.24, 2.45) is 0 Å². The molecule has 1 aliphatic rings. The lowest BCUT2D eigenvalue weighted by atomic mass is 9.94. The number of benzene rings is 1. The molecule has 0 radical (unpaired) electrons. The Morgan fingerprint density at radius 1 is 1.37 bits per heavy atom. The van der Waals surface area contributed by atoms with E-state index >= 15 is 0 Å². The topological polar surface area (TPSA) is 74.7 Å². The number of nitrogens with zero attached hydrogens (tertiary/aromatic N) is 1. The van der Waals surface area contributed by atoms with Crippen LogP contribution in [-0.2, 0) is 10.0 Å². The zero-order chi connectivity index (χ0) is 14.2. The van der Waals surface area contributed by atoms with Crippen molar-refractivity contribution >= 4 is 16.0 Å². The van der Waals surface area contributed by atoms with Crippen molar-refractivity contribution in [3.8, 4) is 0 Å². The Morgan fingerprint density at radius 2 is 2.00 bits per heavy atom. The number of carbonyl (C=O) groups is 1. The summed E-state index contributed by atoms with van der Waals surface area (Å²) in [5.74, 6) is -1.11. The van der Waals surface area contributed by atoms with E-state index in [2.05, 4.69) is 0 Å². The third kappa shape index (κ3) is 2.50. The Kier molecular flexibility index (Phi) is 3.64. The fourth-order valence-electron chi connectivity index (χ4n) is 2.10. The molecular formula is C13H17NO4S. The van der Waals surface area contributed by atoms with E-state index in [0.29, 0.717) is 5.56 Å². The average Bonchev–Trinajstić information content (AvgIpc) is 2.26. The molecule has 0 atom stereocenters. The van der Waals surface area contributed by atoms with Crippen LogP contribution in [0.3, 0.4) is 0 Å². The molecule has 0 saturated heterocycles. The van der Waals surface area contributed by atoms with Gasteiger partial charge in [0.2, 0.25) is 10.0 Å². The highest BCUT2D eigenvalue weighted by atomic mass is 32.2. The van der Waals surface area contributed by atoms with Gasteiger partial charge in [-0.3, -0.25) is 0 Å². The maximum absolute atomic E-state index is 12.4. The second kappa shape index (κ2) is 4.94. The number of carboxylic acids is 1. The summed E-state index contributed by atoms with van der Waals surface area (Å²) in [5.41, 5.74) is 0.584. The van der Waals surface area contributed by atoms with Gasteiger partial charge in [-0.2, -0.15) is 4.31 Å². The Labute approximate surface area is 112 Å². The van der Waals surface area contributed by atoms with Crippen molar-refractivity contribution in [1.29, 1.82) is 0 Å². The Morgan fingerprint density at radius 3 is 2.47 bits per heavy atom. The van der Waals surface area contributed by atoms with Crippen molar-refractivity contribution in [2.45, 2.75) is 37.1 Å². The SMILES string of the molecule is Cc1ccc(S(=O)(=O)N(C)C2CCC2)cc1C(=O)O. The van der Waals surface area contributed by atoms with Crippen LogP contribution >= 0.6 is 0 Å². The van der Waals surface area contributed by atoms with E-state index < -0.39 is 16.0 Å². The molecule has 1 aliphatic carbocycles. The molecule has 0 heterocycles. The lowest BCUT2D eigenvalue weighted by molar-refractivity contribution is 0.0696. The summed E-state index contributed by atoms with van der Waals surface area (Å²) < 4.78 is 26.1. The summed E-state index contributed by atoms with van der Waals surface area (Å²) >= 11 is 0. The highest BCUT2D eigenvalue weighted by Crippen LogP contribution is 2.29. The highest BCUT2D eigenvalue weighted by molar-refractivity contribution is 7.89. The molecule has 0 aliphatic heterocycles. The van der Waals surface area contributed by atoms with Crippen LogP contribution < -0.4 is 0 Å². The minimum Gasteiger partial charge on any atom is -0.478 e. The predicted molar refractivity (Wildman–Crippen MR) is 70.7 cm³/mol. The maximum Gasteiger partial charge on any atom is 0.335 e. The number of carboxylic acid groups (broad SMARTS) is 1. The molecule has 0 aromatic heterocycles. The number of aromatic carboxylic acids is 1. The monoisotopic (exact) mass is 283 g/mol. The van der Waals surface area contributed by atoms with E-state index in [9.17, 15) is 13.2 Å². The molecular weight excluding hydrogens is 266 g/mol. The number of hydrogen-bond acceptors (Lipinski definition) is 3. The van der Waals surface area contributed by atoms with Gasteiger partial charge in [-0.05, 0) is 37.5 Å². The molecule has 5 nitrogen and oxygen atoms in total. The van der Waals surface area contributed by atoms with Crippen LogP contribution in [0, 0.1) is 6.92 Å². The van der Waals surface area contributed by atoms with Crippen LogP contribution in [0.4, 0.5) is 0 Å². The van der Waals surface area contributed by atoms with Gasteiger partial charge in [0, 0.05) is 13.1 Å². The lowest BCUT2D eigenvalue weighted by Gasteiger charge is -2.33. The Balaban J connectivity index is 2.40. The normalized spacial score (nSPS) is 16.4. The summed E-state index contributed by atoms with van der Waals surface area (Å²) in [6.07, 6.45) is 2.78. The van der Waals surface area contributed by atoms with Gasteiger partial charge in [0.05, 0.1) is 10.5 Å². The third-order valence-corrected chi connectivity index (χ3v) is 5.61. The first-order valence-corrected chi connectivity index (χ1v) is 7.60. The summed E-state index contributed by atoms with van der Waals surface area (Å²) in [5, 5.41) is 9.05. The second-order valence-corrected chi connectivity index (χ2v) is 6.89. The molecule has 104 valence electrons. The van der Waals surface area contributed by atoms with Gasteiger partial charge >= 0.3 is 5.97 Å². The number of aryl methyl sites for hydroxylation is 1. The molecule has 6 heteroatoms. The van der Waals surface area contributed by atoms with Crippen molar-refractivity contribution in [3.05, 3.63) is 29.3 Å². The number of sulfonamides is 1. The lowest BCUT2D eigenvalue weighted by Crippen LogP contribution is -2.41. The smallest absolute Gasteiger partial charge is 0.335 e. The summed E-state index contributed by atoms with van der Waals surface area (Å²) in [6.45, 7) is 1.65. The molecule has 2 rings (SSSR count). The van der Waals surface area contributed by atoms with E-state index in [-0.39, 0.29) is 16.5 Å². The molecule has 1 aromatic rings. The Hall–Kier alpha value is -1.40. The van der Waals surface area contributed by atoms with E-state index in [1.807, 2.05) is 0 Å². The fourth-order valence-corrected chi connectivity index (χ4v) is 3.55. The quantitative estimate of drug-likeness (QED) is 0.915. The molecule has 0 bridgehead atoms. The maximum atomic E-state index is 12.4. The van der Waals surface area contributed by atoms with Gasteiger partial charge in [0.25, 0.3) is 0 Å². The van der Waals surface area contributed by atoms with E-state index in [1.54, 1.807) is 14.0 Å². The van der Waals surface area contributed by atoms with Gasteiger partial charge in [0.15, 0.2) is 0 Å². The fraction of sp³-hybridized carbons (Fsp3) is 0.462. The zero-order valence-electron chi connectivity index (χ0n) is 11.0. The minimum atomic E-state index is -3.60. The van der Waals surface area contributed by atoms with Crippen molar-refractivity contribution in [2.75, 3.05) is 7.05 Å². The van der Waals surface area contributed by atoms with Crippen molar-refractivity contribution in [3.63, 3.8) is 0 Å². The van der Waals surface area contributed by atoms with Crippen molar-refractivity contribution in [1.82, 2.24) is 4.31 Å². The van der Waals surface area contributed by atoms with Gasteiger partial charge in [-0.25, -0.2) is 13.2 Å². The zero-order valence-corrected chi connectivity index (χ0v) is 11.8. The van der Waals surface area contributed by atoms with Crippen LogP contribution in [0.25, 0.3) is 0 Å². The largest absolute Gasteiger partial charge is 0.478 e. The van der Waals surface area contributed by atoms with E-state index in [0.717, 1.165) is 19.3 Å². The van der Waals surface area contributed by atoms with Gasteiger partial charge in [-0.1, -0.05) is 12.5 Å². The highest BCUT2D eigenvalue weighted by Gasteiger charge is 2.32. The molecule has 1 aromatic carbocycles. The van der Waals surface area contributed by atoms with Crippen LogP contribution in [-0.4, -0.2) is 36.9 Å².